The Morgan fingerprint density at radius 1 is 1.04 bits per heavy atom. The summed E-state index contributed by atoms with van der Waals surface area (Å²) in [6, 6.07) is 0.454. The smallest absolute Gasteiger partial charge is 0.305 e. The van der Waals surface area contributed by atoms with E-state index >= 15 is 0 Å². The van der Waals surface area contributed by atoms with Crippen LogP contribution < -0.4 is 5.73 Å². The normalized spacial score (nSPS) is 48.9. The summed E-state index contributed by atoms with van der Waals surface area (Å²) in [5.41, 5.74) is 7.39. The summed E-state index contributed by atoms with van der Waals surface area (Å²) in [5, 5.41) is 0. The number of esters is 1. The van der Waals surface area contributed by atoms with E-state index in [4.69, 9.17) is 10.5 Å². The maximum absolute atomic E-state index is 11.6. The molecular weight excluding hydrogens is 346 g/mol. The summed E-state index contributed by atoms with van der Waals surface area (Å²) in [5.74, 6) is 5.02. The fraction of sp³-hybridized carbons (Fsp3) is 0.960. The average Bonchev–Trinajstić information content (AvgIpc) is 3.03. The van der Waals surface area contributed by atoms with Crippen molar-refractivity contribution in [1.29, 1.82) is 0 Å². The van der Waals surface area contributed by atoms with E-state index in [1.165, 1.54) is 64.9 Å². The first-order chi connectivity index (χ1) is 13.3. The summed E-state index contributed by atoms with van der Waals surface area (Å²) < 4.78 is 4.89. The van der Waals surface area contributed by atoms with Gasteiger partial charge in [0.1, 0.15) is 0 Å². The number of fused-ring (bicyclic) bond motifs is 5. The molecule has 0 saturated heterocycles. The molecule has 0 bridgehead atoms. The van der Waals surface area contributed by atoms with Crippen molar-refractivity contribution >= 4 is 5.97 Å². The highest BCUT2D eigenvalue weighted by Gasteiger charge is 2.60. The molecule has 0 aromatic heterocycles. The molecule has 4 rings (SSSR count). The van der Waals surface area contributed by atoms with Crippen LogP contribution in [-0.2, 0) is 9.53 Å². The fourth-order valence-electron chi connectivity index (χ4n) is 8.92. The van der Waals surface area contributed by atoms with Gasteiger partial charge in [-0.3, -0.25) is 4.79 Å². The van der Waals surface area contributed by atoms with Crippen molar-refractivity contribution in [2.75, 3.05) is 7.11 Å². The molecule has 2 N–H and O–H groups in total. The molecule has 0 aromatic rings. The van der Waals surface area contributed by atoms with E-state index in [0.717, 1.165) is 36.0 Å². The van der Waals surface area contributed by atoms with Crippen molar-refractivity contribution in [1.82, 2.24) is 0 Å². The van der Waals surface area contributed by atoms with Crippen molar-refractivity contribution in [3.63, 3.8) is 0 Å². The monoisotopic (exact) mass is 389 g/mol. The van der Waals surface area contributed by atoms with Gasteiger partial charge < -0.3 is 10.5 Å². The summed E-state index contributed by atoms with van der Waals surface area (Å²) in [4.78, 5) is 11.6. The van der Waals surface area contributed by atoms with Gasteiger partial charge in [0.25, 0.3) is 0 Å². The molecule has 4 saturated carbocycles. The molecular formula is C25H43NO2. The Balaban J connectivity index is 1.48. The minimum absolute atomic E-state index is 0.0444. The predicted molar refractivity (Wildman–Crippen MR) is 114 cm³/mol. The Hall–Kier alpha value is -0.570. The largest absolute Gasteiger partial charge is 0.469 e. The third-order valence-corrected chi connectivity index (χ3v) is 10.5. The highest BCUT2D eigenvalue weighted by Crippen LogP contribution is 2.68. The lowest BCUT2D eigenvalue weighted by atomic mass is 9.44. The van der Waals surface area contributed by atoms with Gasteiger partial charge in [0, 0.05) is 12.5 Å². The number of ether oxygens (including phenoxy) is 1. The van der Waals surface area contributed by atoms with E-state index in [1.807, 2.05) is 0 Å². The molecule has 4 unspecified atom stereocenters. The third-order valence-electron chi connectivity index (χ3n) is 10.5. The molecule has 0 aromatic carbocycles. The van der Waals surface area contributed by atoms with E-state index < -0.39 is 0 Å². The highest BCUT2D eigenvalue weighted by atomic mass is 16.5. The lowest BCUT2D eigenvalue weighted by Gasteiger charge is -2.61. The molecule has 160 valence electrons. The number of carbonyl (C=O) groups excluding carboxylic acids is 1. The molecule has 28 heavy (non-hydrogen) atoms. The number of rotatable bonds is 4. The molecule has 4 aliphatic rings. The highest BCUT2D eigenvalue weighted by molar-refractivity contribution is 5.69. The zero-order chi connectivity index (χ0) is 20.1. The molecule has 0 amide bonds. The van der Waals surface area contributed by atoms with E-state index in [2.05, 4.69) is 20.8 Å². The zero-order valence-corrected chi connectivity index (χ0v) is 18.7. The van der Waals surface area contributed by atoms with Gasteiger partial charge in [-0.1, -0.05) is 20.8 Å². The second-order valence-corrected chi connectivity index (χ2v) is 11.5. The first-order valence-corrected chi connectivity index (χ1v) is 12.1. The molecule has 0 heterocycles. The second-order valence-electron chi connectivity index (χ2n) is 11.5. The van der Waals surface area contributed by atoms with Crippen molar-refractivity contribution in [3.8, 4) is 0 Å². The first kappa shape index (κ1) is 20.7. The Kier molecular flexibility index (Phi) is 5.61. The van der Waals surface area contributed by atoms with Crippen molar-refractivity contribution in [3.05, 3.63) is 0 Å². The average molecular weight is 390 g/mol. The quantitative estimate of drug-likeness (QED) is 0.640. The van der Waals surface area contributed by atoms with Gasteiger partial charge in [0.05, 0.1) is 7.11 Å². The topological polar surface area (TPSA) is 52.3 Å². The predicted octanol–water partition coefficient (Wildman–Crippen LogP) is 5.56. The van der Waals surface area contributed by atoms with Crippen molar-refractivity contribution < 1.29 is 9.53 Å². The molecule has 3 heteroatoms. The van der Waals surface area contributed by atoms with Crippen molar-refractivity contribution in [2.45, 2.75) is 97.4 Å². The molecule has 4 fully saturated rings. The summed E-state index contributed by atoms with van der Waals surface area (Å²) in [6.45, 7) is 7.65. The number of hydrogen-bond acceptors (Lipinski definition) is 3. The summed E-state index contributed by atoms with van der Waals surface area (Å²) in [7, 11) is 1.51. The van der Waals surface area contributed by atoms with Crippen LogP contribution in [0.1, 0.15) is 91.4 Å². The molecule has 0 aliphatic heterocycles. The van der Waals surface area contributed by atoms with Crippen LogP contribution in [0, 0.1) is 46.3 Å². The molecule has 9 atom stereocenters. The second kappa shape index (κ2) is 7.60. The Labute approximate surface area is 172 Å². The first-order valence-electron chi connectivity index (χ1n) is 12.1. The lowest BCUT2D eigenvalue weighted by molar-refractivity contribution is -0.141. The number of nitrogens with two attached hydrogens (primary N) is 1. The molecule has 0 radical (unpaired) electrons. The lowest BCUT2D eigenvalue weighted by Crippen LogP contribution is -2.54. The van der Waals surface area contributed by atoms with Crippen LogP contribution in [0.15, 0.2) is 0 Å². The number of carbonyl (C=O) groups is 1. The third kappa shape index (κ3) is 3.24. The van der Waals surface area contributed by atoms with Crippen LogP contribution in [0.25, 0.3) is 0 Å². The minimum Gasteiger partial charge on any atom is -0.469 e. The number of hydrogen-bond donors (Lipinski definition) is 1. The standard InChI is InChI=1S/C25H43NO2/c1-16(5-10-23(27)28-4)20-8-9-21-19-7-6-17-15-18(26)11-13-24(17,2)22(19)12-14-25(20,21)3/h16-22H,5-15,26H2,1-4H3/t16?,17-,18+,19?,20-,21?,22?,24+,25-/m1/s1. The van der Waals surface area contributed by atoms with E-state index in [0.29, 0.717) is 29.2 Å². The van der Waals surface area contributed by atoms with Crippen LogP contribution in [-0.4, -0.2) is 19.1 Å². The Morgan fingerprint density at radius 3 is 2.50 bits per heavy atom. The van der Waals surface area contributed by atoms with E-state index in [-0.39, 0.29) is 5.97 Å². The summed E-state index contributed by atoms with van der Waals surface area (Å²) >= 11 is 0. The van der Waals surface area contributed by atoms with Gasteiger partial charge in [-0.25, -0.2) is 0 Å². The Bertz CT molecular complexity index is 591. The van der Waals surface area contributed by atoms with Crippen LogP contribution in [0.5, 0.6) is 0 Å². The maximum atomic E-state index is 11.6. The van der Waals surface area contributed by atoms with Crippen LogP contribution in [0.4, 0.5) is 0 Å². The van der Waals surface area contributed by atoms with E-state index in [1.54, 1.807) is 0 Å². The zero-order valence-electron chi connectivity index (χ0n) is 18.7. The van der Waals surface area contributed by atoms with Gasteiger partial charge in [-0.15, -0.1) is 0 Å². The van der Waals surface area contributed by atoms with Crippen LogP contribution >= 0.6 is 0 Å². The maximum Gasteiger partial charge on any atom is 0.305 e. The Morgan fingerprint density at radius 2 is 1.75 bits per heavy atom. The summed E-state index contributed by atoms with van der Waals surface area (Å²) in [6.07, 6.45) is 13.9. The van der Waals surface area contributed by atoms with Crippen LogP contribution in [0.2, 0.25) is 0 Å². The van der Waals surface area contributed by atoms with E-state index in [9.17, 15) is 4.79 Å². The van der Waals surface area contributed by atoms with Gasteiger partial charge in [-0.05, 0) is 111 Å². The minimum atomic E-state index is -0.0444. The van der Waals surface area contributed by atoms with Gasteiger partial charge in [0.2, 0.25) is 0 Å². The van der Waals surface area contributed by atoms with Gasteiger partial charge in [-0.2, -0.15) is 0 Å². The molecule has 4 aliphatic carbocycles. The van der Waals surface area contributed by atoms with Crippen LogP contribution in [0.3, 0.4) is 0 Å². The molecule has 0 spiro atoms. The SMILES string of the molecule is COC(=O)CCC(C)[C@H]1CCC2C3CC[C@@H]4C[C@@H](N)CC[C@]4(C)C3CC[C@@]21C. The van der Waals surface area contributed by atoms with Crippen molar-refractivity contribution in [2.24, 2.45) is 52.1 Å². The van der Waals surface area contributed by atoms with Gasteiger partial charge >= 0.3 is 5.97 Å². The molecule has 3 nitrogen and oxygen atoms in total. The number of methoxy groups -OCH3 is 1. The fourth-order valence-corrected chi connectivity index (χ4v) is 8.92. The van der Waals surface area contributed by atoms with Gasteiger partial charge in [0.15, 0.2) is 0 Å².